The highest BCUT2D eigenvalue weighted by molar-refractivity contribution is 6.29. The zero-order valence-electron chi connectivity index (χ0n) is 12.4. The van der Waals surface area contributed by atoms with E-state index in [1.54, 1.807) is 12.3 Å². The lowest BCUT2D eigenvalue weighted by molar-refractivity contribution is -0.686. The number of aromatic amines is 1. The van der Waals surface area contributed by atoms with Crippen molar-refractivity contribution in [3.63, 3.8) is 0 Å². The Hall–Kier alpha value is -2.12. The molecule has 0 spiro atoms. The van der Waals surface area contributed by atoms with Crippen molar-refractivity contribution in [2.45, 2.75) is 24.9 Å². The third-order valence-corrected chi connectivity index (χ3v) is 4.71. The molecular formula is C16H13ClF3N4+. The summed E-state index contributed by atoms with van der Waals surface area (Å²) in [4.78, 5) is 7.23. The molecule has 0 aliphatic carbocycles. The predicted molar refractivity (Wildman–Crippen MR) is 82.0 cm³/mol. The van der Waals surface area contributed by atoms with Gasteiger partial charge in [0, 0.05) is 18.1 Å². The van der Waals surface area contributed by atoms with Crippen molar-refractivity contribution < 1.29 is 17.7 Å². The van der Waals surface area contributed by atoms with Crippen molar-refractivity contribution in [2.24, 2.45) is 5.73 Å². The Morgan fingerprint density at radius 1 is 1.17 bits per heavy atom. The highest BCUT2D eigenvalue weighted by atomic mass is 35.5. The molecule has 2 aromatic heterocycles. The molecule has 3 heterocycles. The summed E-state index contributed by atoms with van der Waals surface area (Å²) in [5.41, 5.74) is 7.93. The Morgan fingerprint density at radius 2 is 1.92 bits per heavy atom. The van der Waals surface area contributed by atoms with E-state index < -0.39 is 29.4 Å². The second-order valence-corrected chi connectivity index (χ2v) is 6.36. The van der Waals surface area contributed by atoms with Crippen LogP contribution in [-0.4, -0.2) is 16.0 Å². The van der Waals surface area contributed by atoms with Crippen LogP contribution < -0.4 is 10.3 Å². The van der Waals surface area contributed by atoms with Crippen molar-refractivity contribution in [1.82, 2.24) is 9.97 Å². The normalized spacial score (nSPS) is 20.4. The summed E-state index contributed by atoms with van der Waals surface area (Å²) in [7, 11) is 0. The van der Waals surface area contributed by atoms with E-state index >= 15 is 0 Å². The lowest BCUT2D eigenvalue weighted by atomic mass is 9.86. The van der Waals surface area contributed by atoms with Crippen LogP contribution in [0.25, 0.3) is 11.0 Å². The van der Waals surface area contributed by atoms with Gasteiger partial charge in [0.25, 0.3) is 5.82 Å². The standard InChI is InChI=1S/C16H12ClF3N4/c17-15-4-14-13(5-22-15)23-16-2-8(12(21)6-24(14)16)7-1-10(19)11(20)3-9(7)18/h1,3-5,8,12H,2,6,21H2/p+1/t8-,12+/m1/s1. The number of benzene rings is 1. The molecule has 8 heteroatoms. The van der Waals surface area contributed by atoms with Crippen molar-refractivity contribution in [3.05, 3.63) is 58.4 Å². The Morgan fingerprint density at radius 3 is 2.71 bits per heavy atom. The van der Waals surface area contributed by atoms with Crippen LogP contribution in [0.4, 0.5) is 13.2 Å². The third kappa shape index (κ3) is 2.35. The minimum Gasteiger partial charge on any atom is -0.324 e. The topological polar surface area (TPSA) is 58.6 Å². The third-order valence-electron chi connectivity index (χ3n) is 4.51. The zero-order chi connectivity index (χ0) is 17.0. The van der Waals surface area contributed by atoms with Crippen molar-refractivity contribution in [1.29, 1.82) is 0 Å². The number of imidazole rings is 1. The summed E-state index contributed by atoms with van der Waals surface area (Å²) in [6.45, 7) is 0.402. The maximum atomic E-state index is 14.1. The number of nitrogens with two attached hydrogens (primary N) is 1. The Bertz CT molecular complexity index is 956. The molecule has 0 saturated carbocycles. The Kier molecular flexibility index (Phi) is 3.51. The molecule has 24 heavy (non-hydrogen) atoms. The van der Waals surface area contributed by atoms with Crippen LogP contribution in [-0.2, 0) is 13.0 Å². The first-order valence-corrected chi connectivity index (χ1v) is 7.78. The molecule has 0 radical (unpaired) electrons. The maximum absolute atomic E-state index is 14.1. The summed E-state index contributed by atoms with van der Waals surface area (Å²) in [6, 6.07) is 2.73. The molecule has 0 bridgehead atoms. The summed E-state index contributed by atoms with van der Waals surface area (Å²) in [5, 5.41) is 0.360. The van der Waals surface area contributed by atoms with Crippen LogP contribution in [0.15, 0.2) is 24.4 Å². The lowest BCUT2D eigenvalue weighted by Crippen LogP contribution is -2.53. The van der Waals surface area contributed by atoms with Gasteiger partial charge in [0.2, 0.25) is 0 Å². The second kappa shape index (κ2) is 5.46. The number of rotatable bonds is 1. The molecule has 3 N–H and O–H groups in total. The van der Waals surface area contributed by atoms with Crippen LogP contribution >= 0.6 is 11.6 Å². The monoisotopic (exact) mass is 353 g/mol. The average molecular weight is 354 g/mol. The molecule has 4 rings (SSSR count). The van der Waals surface area contributed by atoms with E-state index in [9.17, 15) is 13.2 Å². The number of hydrogen-bond donors (Lipinski definition) is 2. The number of nitrogens with one attached hydrogen (secondary N) is 1. The Balaban J connectivity index is 1.80. The van der Waals surface area contributed by atoms with Gasteiger partial charge < -0.3 is 5.73 Å². The Labute approximate surface area is 140 Å². The quantitative estimate of drug-likeness (QED) is 0.401. The molecule has 2 atom stereocenters. The number of fused-ring (bicyclic) bond motifs is 3. The van der Waals surface area contributed by atoms with Crippen LogP contribution in [0, 0.1) is 17.5 Å². The lowest BCUT2D eigenvalue weighted by Gasteiger charge is -2.26. The summed E-state index contributed by atoms with van der Waals surface area (Å²) < 4.78 is 42.8. The minimum atomic E-state index is -1.21. The average Bonchev–Trinajstić information content (AvgIpc) is 2.87. The SMILES string of the molecule is N[C@H]1C[n+]2c([nH]c3cnc(Cl)cc32)C[C@@H]1c1cc(F)c(F)cc1F. The van der Waals surface area contributed by atoms with Gasteiger partial charge in [0.15, 0.2) is 22.7 Å². The highest BCUT2D eigenvalue weighted by Gasteiger charge is 2.36. The highest BCUT2D eigenvalue weighted by Crippen LogP contribution is 2.30. The molecule has 124 valence electrons. The van der Waals surface area contributed by atoms with E-state index in [-0.39, 0.29) is 5.56 Å². The molecule has 0 saturated heterocycles. The van der Waals surface area contributed by atoms with Gasteiger partial charge in [-0.2, -0.15) is 0 Å². The predicted octanol–water partition coefficient (Wildman–Crippen LogP) is 2.59. The molecule has 0 unspecified atom stereocenters. The van der Waals surface area contributed by atoms with Gasteiger partial charge in [-0.05, 0) is 11.6 Å². The van der Waals surface area contributed by atoms with E-state index in [1.807, 2.05) is 4.57 Å². The fourth-order valence-electron chi connectivity index (χ4n) is 3.34. The van der Waals surface area contributed by atoms with Crippen molar-refractivity contribution >= 4 is 22.6 Å². The number of H-pyrrole nitrogens is 1. The molecule has 1 aromatic carbocycles. The van der Waals surface area contributed by atoms with Crippen LogP contribution in [0.1, 0.15) is 17.3 Å². The van der Waals surface area contributed by atoms with E-state index in [0.29, 0.717) is 24.2 Å². The van der Waals surface area contributed by atoms with E-state index in [2.05, 4.69) is 9.97 Å². The molecule has 1 aliphatic heterocycles. The largest absolute Gasteiger partial charge is 0.324 e. The van der Waals surface area contributed by atoms with Gasteiger partial charge in [-0.1, -0.05) is 11.6 Å². The van der Waals surface area contributed by atoms with Crippen LogP contribution in [0.5, 0.6) is 0 Å². The zero-order valence-corrected chi connectivity index (χ0v) is 13.1. The van der Waals surface area contributed by atoms with Gasteiger partial charge in [-0.25, -0.2) is 27.7 Å². The fraction of sp³-hybridized carbons (Fsp3) is 0.250. The smallest absolute Gasteiger partial charge is 0.255 e. The molecule has 0 fully saturated rings. The number of nitrogens with zero attached hydrogens (tertiary/aromatic N) is 2. The van der Waals surface area contributed by atoms with Crippen LogP contribution in [0.2, 0.25) is 5.15 Å². The van der Waals surface area contributed by atoms with Gasteiger partial charge in [0.05, 0.1) is 18.7 Å². The molecular weight excluding hydrogens is 341 g/mol. The number of halogens is 4. The van der Waals surface area contributed by atoms with Gasteiger partial charge in [0.1, 0.15) is 17.5 Å². The van der Waals surface area contributed by atoms with E-state index in [4.69, 9.17) is 17.3 Å². The van der Waals surface area contributed by atoms with Gasteiger partial charge in [-0.15, -0.1) is 0 Å². The van der Waals surface area contributed by atoms with Crippen molar-refractivity contribution in [2.75, 3.05) is 0 Å². The molecule has 3 aromatic rings. The van der Waals surface area contributed by atoms with E-state index in [0.717, 1.165) is 22.9 Å². The first-order valence-electron chi connectivity index (χ1n) is 7.40. The minimum absolute atomic E-state index is 0.0856. The number of hydrogen-bond acceptors (Lipinski definition) is 2. The molecule has 1 aliphatic rings. The van der Waals surface area contributed by atoms with Gasteiger partial charge in [-0.3, -0.25) is 0 Å². The van der Waals surface area contributed by atoms with Crippen molar-refractivity contribution in [3.8, 4) is 0 Å². The molecule has 4 nitrogen and oxygen atoms in total. The van der Waals surface area contributed by atoms with Crippen LogP contribution in [0.3, 0.4) is 0 Å². The summed E-state index contributed by atoms with van der Waals surface area (Å²) in [5.74, 6) is -2.73. The summed E-state index contributed by atoms with van der Waals surface area (Å²) >= 11 is 5.94. The number of aromatic nitrogens is 3. The first-order chi connectivity index (χ1) is 11.4. The maximum Gasteiger partial charge on any atom is 0.255 e. The number of pyridine rings is 1. The second-order valence-electron chi connectivity index (χ2n) is 5.97. The first kappa shape index (κ1) is 15.4. The van der Waals surface area contributed by atoms with E-state index in [1.165, 1.54) is 0 Å². The molecule has 0 amide bonds. The summed E-state index contributed by atoms with van der Waals surface area (Å²) in [6.07, 6.45) is 1.98. The van der Waals surface area contributed by atoms with Gasteiger partial charge >= 0.3 is 0 Å². The fourth-order valence-corrected chi connectivity index (χ4v) is 3.49.